The summed E-state index contributed by atoms with van der Waals surface area (Å²) in [6, 6.07) is 6.88. The number of amides is 4. The third-order valence-corrected chi connectivity index (χ3v) is 5.89. The van der Waals surface area contributed by atoms with Crippen molar-refractivity contribution in [3.05, 3.63) is 35.9 Å². The quantitative estimate of drug-likeness (QED) is 0.187. The lowest BCUT2D eigenvalue weighted by atomic mass is 10.0. The minimum atomic E-state index is -0.990. The van der Waals surface area contributed by atoms with Crippen molar-refractivity contribution >= 4 is 23.6 Å². The summed E-state index contributed by atoms with van der Waals surface area (Å²) in [5.41, 5.74) is 2.52. The van der Waals surface area contributed by atoms with E-state index in [2.05, 4.69) is 16.0 Å². The number of carbonyl (C=O) groups is 4. The second kappa shape index (κ2) is 15.2. The number of hydrogen-bond acceptors (Lipinski definition) is 7. The summed E-state index contributed by atoms with van der Waals surface area (Å²) in [5.74, 6) is -1.99. The van der Waals surface area contributed by atoms with Gasteiger partial charge in [0, 0.05) is 13.1 Å². The van der Waals surface area contributed by atoms with Crippen LogP contribution >= 0.6 is 0 Å². The van der Waals surface area contributed by atoms with E-state index in [1.807, 2.05) is 49.1 Å². The Hall–Kier alpha value is -3.02. The molecule has 0 radical (unpaired) electrons. The molecule has 4 amide bonds. The van der Waals surface area contributed by atoms with Gasteiger partial charge in [-0.3, -0.25) is 29.3 Å². The first kappa shape index (κ1) is 29.2. The number of carbonyl (C=O) groups excluding carboxylic acids is 4. The largest absolute Gasteiger partial charge is 0.379 e. The third kappa shape index (κ3) is 10.3. The van der Waals surface area contributed by atoms with Gasteiger partial charge in [0.05, 0.1) is 19.8 Å². The number of benzene rings is 1. The molecule has 0 aromatic heterocycles. The van der Waals surface area contributed by atoms with Crippen LogP contribution < -0.4 is 21.4 Å². The molecule has 5 N–H and O–H groups in total. The maximum Gasteiger partial charge on any atom is 0.265 e. The van der Waals surface area contributed by atoms with Crippen molar-refractivity contribution in [2.45, 2.75) is 58.2 Å². The van der Waals surface area contributed by atoms with Crippen LogP contribution in [-0.2, 0) is 30.3 Å². The maximum atomic E-state index is 13.3. The molecule has 1 aliphatic heterocycles. The van der Waals surface area contributed by atoms with Crippen LogP contribution in [0.4, 0.5) is 0 Å². The van der Waals surface area contributed by atoms with Crippen LogP contribution in [0.2, 0.25) is 0 Å². The molecule has 1 aromatic carbocycles. The monoisotopic (exact) mass is 505 g/mol. The normalized spacial score (nSPS) is 16.5. The molecule has 3 atom stereocenters. The molecule has 1 fully saturated rings. The average molecular weight is 506 g/mol. The van der Waals surface area contributed by atoms with Crippen molar-refractivity contribution in [3.63, 3.8) is 0 Å². The fraction of sp³-hybridized carbons (Fsp3) is 0.600. The van der Waals surface area contributed by atoms with Crippen LogP contribution in [0.5, 0.6) is 0 Å². The fourth-order valence-electron chi connectivity index (χ4n) is 3.88. The molecule has 200 valence electrons. The fourth-order valence-corrected chi connectivity index (χ4v) is 3.88. The molecule has 2 rings (SSSR count). The average Bonchev–Trinajstić information content (AvgIpc) is 2.86. The molecule has 0 aliphatic carbocycles. The molecule has 36 heavy (non-hydrogen) atoms. The van der Waals surface area contributed by atoms with Gasteiger partial charge in [-0.05, 0) is 37.7 Å². The standard InChI is InChI=1S/C25H39N5O6/c1-17(2)15-21(25(34)26-18(3)23(32)29-35)28-24(33)20(10-9-19-7-5-4-6-8-19)27-22(31)16-30-11-13-36-14-12-30/h4-8,17-18,20-21,35H,9-16H2,1-3H3,(H,26,34)(H,27,31)(H,28,33)(H,29,32)/t18?,20-,21?/m0/s1. The van der Waals surface area contributed by atoms with E-state index in [1.54, 1.807) is 0 Å². The van der Waals surface area contributed by atoms with Crippen LogP contribution in [0.25, 0.3) is 0 Å². The van der Waals surface area contributed by atoms with E-state index in [9.17, 15) is 19.2 Å². The summed E-state index contributed by atoms with van der Waals surface area (Å²) in [7, 11) is 0. The zero-order chi connectivity index (χ0) is 26.5. The Morgan fingerprint density at radius 1 is 0.917 bits per heavy atom. The summed E-state index contributed by atoms with van der Waals surface area (Å²) in [5, 5.41) is 16.9. The van der Waals surface area contributed by atoms with Gasteiger partial charge < -0.3 is 20.7 Å². The Kier molecular flexibility index (Phi) is 12.3. The Balaban J connectivity index is 2.09. The summed E-state index contributed by atoms with van der Waals surface area (Å²) >= 11 is 0. The van der Waals surface area contributed by atoms with Gasteiger partial charge >= 0.3 is 0 Å². The number of ether oxygens (including phenoxy) is 1. The highest BCUT2D eigenvalue weighted by Crippen LogP contribution is 2.09. The van der Waals surface area contributed by atoms with Gasteiger partial charge in [-0.15, -0.1) is 0 Å². The first-order chi connectivity index (χ1) is 17.2. The first-order valence-corrected chi connectivity index (χ1v) is 12.4. The van der Waals surface area contributed by atoms with Gasteiger partial charge in [-0.25, -0.2) is 5.48 Å². The van der Waals surface area contributed by atoms with Gasteiger partial charge in [-0.1, -0.05) is 44.2 Å². The van der Waals surface area contributed by atoms with Gasteiger partial charge in [0.1, 0.15) is 18.1 Å². The number of aryl methyl sites for hydroxylation is 1. The van der Waals surface area contributed by atoms with E-state index in [0.29, 0.717) is 45.6 Å². The minimum Gasteiger partial charge on any atom is -0.379 e. The Morgan fingerprint density at radius 2 is 1.56 bits per heavy atom. The summed E-state index contributed by atoms with van der Waals surface area (Å²) in [4.78, 5) is 52.5. The Bertz CT molecular complexity index is 860. The molecule has 1 heterocycles. The summed E-state index contributed by atoms with van der Waals surface area (Å²) < 4.78 is 5.32. The maximum absolute atomic E-state index is 13.3. The van der Waals surface area contributed by atoms with E-state index in [4.69, 9.17) is 9.94 Å². The number of hydroxylamine groups is 1. The third-order valence-electron chi connectivity index (χ3n) is 5.89. The predicted octanol–water partition coefficient (Wildman–Crippen LogP) is -0.0228. The van der Waals surface area contributed by atoms with Gasteiger partial charge in [0.2, 0.25) is 17.7 Å². The second-order valence-electron chi connectivity index (χ2n) is 9.43. The van der Waals surface area contributed by atoms with Crippen molar-refractivity contribution in [1.29, 1.82) is 0 Å². The molecule has 11 nitrogen and oxygen atoms in total. The van der Waals surface area contributed by atoms with E-state index < -0.39 is 35.8 Å². The number of hydrogen-bond donors (Lipinski definition) is 5. The molecule has 0 saturated carbocycles. The van der Waals surface area contributed by atoms with Crippen LogP contribution in [-0.4, -0.2) is 84.7 Å². The van der Waals surface area contributed by atoms with Crippen molar-refractivity contribution in [1.82, 2.24) is 26.3 Å². The molecule has 11 heteroatoms. The van der Waals surface area contributed by atoms with Crippen LogP contribution in [0.15, 0.2) is 30.3 Å². The zero-order valence-electron chi connectivity index (χ0n) is 21.3. The topological polar surface area (TPSA) is 149 Å². The molecule has 1 aromatic rings. The van der Waals surface area contributed by atoms with E-state index in [-0.39, 0.29) is 18.4 Å². The van der Waals surface area contributed by atoms with Crippen molar-refractivity contribution in [3.8, 4) is 0 Å². The van der Waals surface area contributed by atoms with Gasteiger partial charge in [0.15, 0.2) is 0 Å². The van der Waals surface area contributed by atoms with Crippen LogP contribution in [0, 0.1) is 5.92 Å². The predicted molar refractivity (Wildman–Crippen MR) is 133 cm³/mol. The summed E-state index contributed by atoms with van der Waals surface area (Å²) in [6.45, 7) is 7.80. The molecule has 0 bridgehead atoms. The molecule has 1 saturated heterocycles. The highest BCUT2D eigenvalue weighted by Gasteiger charge is 2.29. The molecule has 0 spiro atoms. The van der Waals surface area contributed by atoms with Crippen molar-refractivity contribution < 1.29 is 29.1 Å². The Labute approximate surface area is 212 Å². The molecule has 2 unspecified atom stereocenters. The Morgan fingerprint density at radius 3 is 2.17 bits per heavy atom. The number of nitrogens with zero attached hydrogens (tertiary/aromatic N) is 1. The lowest BCUT2D eigenvalue weighted by molar-refractivity contribution is -0.136. The van der Waals surface area contributed by atoms with Gasteiger partial charge in [0.25, 0.3) is 5.91 Å². The van der Waals surface area contributed by atoms with Gasteiger partial charge in [-0.2, -0.15) is 0 Å². The smallest absolute Gasteiger partial charge is 0.265 e. The van der Waals surface area contributed by atoms with E-state index in [0.717, 1.165) is 5.56 Å². The van der Waals surface area contributed by atoms with Crippen LogP contribution in [0.3, 0.4) is 0 Å². The van der Waals surface area contributed by atoms with Crippen molar-refractivity contribution in [2.75, 3.05) is 32.8 Å². The van der Waals surface area contributed by atoms with E-state index >= 15 is 0 Å². The molecule has 1 aliphatic rings. The number of rotatable bonds is 13. The highest BCUT2D eigenvalue weighted by atomic mass is 16.5. The highest BCUT2D eigenvalue weighted by molar-refractivity contribution is 5.94. The van der Waals surface area contributed by atoms with Crippen LogP contribution in [0.1, 0.15) is 39.2 Å². The lowest BCUT2D eigenvalue weighted by Gasteiger charge is -2.28. The van der Waals surface area contributed by atoms with E-state index in [1.165, 1.54) is 12.4 Å². The molecular formula is C25H39N5O6. The molecular weight excluding hydrogens is 466 g/mol. The number of morpholine rings is 1. The zero-order valence-corrected chi connectivity index (χ0v) is 21.3. The number of nitrogens with one attached hydrogen (secondary N) is 4. The second-order valence-corrected chi connectivity index (χ2v) is 9.43. The van der Waals surface area contributed by atoms with Crippen molar-refractivity contribution in [2.24, 2.45) is 5.92 Å². The SMILES string of the molecule is CC(C)CC(NC(=O)[C@H](CCc1ccccc1)NC(=O)CN1CCOCC1)C(=O)NC(C)C(=O)NO. The summed E-state index contributed by atoms with van der Waals surface area (Å²) in [6.07, 6.45) is 1.24. The lowest BCUT2D eigenvalue weighted by Crippen LogP contribution is -2.57. The minimum absolute atomic E-state index is 0.0710. The first-order valence-electron chi connectivity index (χ1n) is 12.4.